The zero-order valence-corrected chi connectivity index (χ0v) is 17.9. The van der Waals surface area contributed by atoms with E-state index >= 15 is 0 Å². The number of rotatable bonds is 6. The summed E-state index contributed by atoms with van der Waals surface area (Å²) in [6.07, 6.45) is -1.01. The number of carbonyl (C=O) groups is 3. The first-order valence-electron chi connectivity index (χ1n) is 9.39. The van der Waals surface area contributed by atoms with Crippen molar-refractivity contribution in [2.45, 2.75) is 44.7 Å². The highest BCUT2D eigenvalue weighted by Gasteiger charge is 2.30. The third kappa shape index (κ3) is 5.77. The Kier molecular flexibility index (Phi) is 7.37. The SMILES string of the molecule is CC(=O)N1CCN(S(=O)(=O)c2cccc(C(=O)O[C@@H](C)C(=O)NC(C)C)c2)CC1. The average molecular weight is 426 g/mol. The normalized spacial score (nSPS) is 16.4. The van der Waals surface area contributed by atoms with E-state index in [0.29, 0.717) is 13.1 Å². The van der Waals surface area contributed by atoms with E-state index in [2.05, 4.69) is 5.32 Å². The maximum absolute atomic E-state index is 12.9. The molecule has 1 aromatic rings. The van der Waals surface area contributed by atoms with Crippen molar-refractivity contribution in [1.29, 1.82) is 0 Å². The third-order valence-electron chi connectivity index (χ3n) is 4.48. The summed E-state index contributed by atoms with van der Waals surface area (Å²) in [4.78, 5) is 37.2. The molecule has 1 heterocycles. The Labute approximate surface area is 171 Å². The molecule has 1 atom stereocenters. The van der Waals surface area contributed by atoms with Gasteiger partial charge in [-0.1, -0.05) is 6.07 Å². The Morgan fingerprint density at radius 3 is 2.24 bits per heavy atom. The quantitative estimate of drug-likeness (QED) is 0.668. The fraction of sp³-hybridized carbons (Fsp3) is 0.526. The summed E-state index contributed by atoms with van der Waals surface area (Å²) in [5.74, 6) is -1.31. The second kappa shape index (κ2) is 9.36. The molecule has 160 valence electrons. The molecule has 1 aliphatic heterocycles. The van der Waals surface area contributed by atoms with Gasteiger partial charge in [0.2, 0.25) is 15.9 Å². The van der Waals surface area contributed by atoms with Gasteiger partial charge in [-0.3, -0.25) is 9.59 Å². The molecule has 0 aliphatic carbocycles. The minimum absolute atomic E-state index is 0.0393. The Bertz CT molecular complexity index is 876. The molecule has 29 heavy (non-hydrogen) atoms. The van der Waals surface area contributed by atoms with Crippen LogP contribution in [-0.2, 0) is 24.3 Å². The fourth-order valence-electron chi connectivity index (χ4n) is 2.86. The lowest BCUT2D eigenvalue weighted by Gasteiger charge is -2.33. The molecular formula is C19H27N3O6S. The van der Waals surface area contributed by atoms with Gasteiger partial charge in [0.25, 0.3) is 5.91 Å². The first kappa shape index (κ1) is 22.8. The number of hydrogen-bond acceptors (Lipinski definition) is 6. The summed E-state index contributed by atoms with van der Waals surface area (Å²) in [6, 6.07) is 5.43. The van der Waals surface area contributed by atoms with Gasteiger partial charge in [-0.2, -0.15) is 4.31 Å². The summed E-state index contributed by atoms with van der Waals surface area (Å²) in [5, 5.41) is 2.64. The molecular weight excluding hydrogens is 398 g/mol. The van der Waals surface area contributed by atoms with E-state index in [0.717, 1.165) is 0 Å². The third-order valence-corrected chi connectivity index (χ3v) is 6.37. The molecule has 0 aromatic heterocycles. The van der Waals surface area contributed by atoms with Gasteiger partial charge in [0, 0.05) is 39.1 Å². The van der Waals surface area contributed by atoms with Gasteiger partial charge in [-0.05, 0) is 39.0 Å². The second-order valence-electron chi connectivity index (χ2n) is 7.15. The van der Waals surface area contributed by atoms with Crippen LogP contribution in [-0.4, -0.2) is 73.7 Å². The Morgan fingerprint density at radius 2 is 1.69 bits per heavy atom. The van der Waals surface area contributed by atoms with Crippen LogP contribution in [0.15, 0.2) is 29.2 Å². The van der Waals surface area contributed by atoms with Gasteiger partial charge >= 0.3 is 5.97 Å². The van der Waals surface area contributed by atoms with Crippen molar-refractivity contribution in [3.63, 3.8) is 0 Å². The van der Waals surface area contributed by atoms with Crippen LogP contribution in [0.1, 0.15) is 38.1 Å². The number of nitrogens with zero attached hydrogens (tertiary/aromatic N) is 2. The van der Waals surface area contributed by atoms with E-state index in [9.17, 15) is 22.8 Å². The molecule has 0 bridgehead atoms. The van der Waals surface area contributed by atoms with E-state index in [1.165, 1.54) is 42.4 Å². The zero-order chi connectivity index (χ0) is 21.8. The summed E-state index contributed by atoms with van der Waals surface area (Å²) < 4.78 is 32.2. The molecule has 10 heteroatoms. The highest BCUT2D eigenvalue weighted by molar-refractivity contribution is 7.89. The minimum atomic E-state index is -3.82. The van der Waals surface area contributed by atoms with Crippen LogP contribution in [0.4, 0.5) is 0 Å². The van der Waals surface area contributed by atoms with E-state index in [1.54, 1.807) is 18.7 Å². The van der Waals surface area contributed by atoms with Gasteiger partial charge in [0.15, 0.2) is 6.10 Å². The molecule has 1 aromatic carbocycles. The number of amides is 2. The molecule has 1 N–H and O–H groups in total. The summed E-state index contributed by atoms with van der Waals surface area (Å²) in [5.41, 5.74) is 0.0395. The molecule has 0 unspecified atom stereocenters. The van der Waals surface area contributed by atoms with E-state index in [4.69, 9.17) is 4.74 Å². The zero-order valence-electron chi connectivity index (χ0n) is 17.0. The molecule has 1 aliphatic rings. The Morgan fingerprint density at radius 1 is 1.07 bits per heavy atom. The first-order chi connectivity index (χ1) is 13.5. The molecule has 1 fully saturated rings. The number of carbonyl (C=O) groups excluding carboxylic acids is 3. The smallest absolute Gasteiger partial charge is 0.338 e. The van der Waals surface area contributed by atoms with Crippen molar-refractivity contribution in [1.82, 2.24) is 14.5 Å². The largest absolute Gasteiger partial charge is 0.449 e. The monoisotopic (exact) mass is 425 g/mol. The number of ether oxygens (including phenoxy) is 1. The lowest BCUT2D eigenvalue weighted by atomic mass is 10.2. The molecule has 0 saturated carbocycles. The highest BCUT2D eigenvalue weighted by Crippen LogP contribution is 2.19. The molecule has 9 nitrogen and oxygen atoms in total. The number of benzene rings is 1. The average Bonchev–Trinajstić information content (AvgIpc) is 2.67. The van der Waals surface area contributed by atoms with Crippen molar-refractivity contribution < 1.29 is 27.5 Å². The van der Waals surface area contributed by atoms with Gasteiger partial charge in [0.05, 0.1) is 10.5 Å². The standard InChI is InChI=1S/C19H27N3O6S/c1-13(2)20-18(24)14(3)28-19(25)16-6-5-7-17(12-16)29(26,27)22-10-8-21(9-11-22)15(4)23/h5-7,12-14H,8-11H2,1-4H3,(H,20,24)/t14-/m0/s1. The predicted molar refractivity (Wildman–Crippen MR) is 106 cm³/mol. The van der Waals surface area contributed by atoms with Crippen LogP contribution >= 0.6 is 0 Å². The maximum atomic E-state index is 12.9. The van der Waals surface area contributed by atoms with Crippen molar-refractivity contribution in [2.24, 2.45) is 0 Å². The number of hydrogen-bond donors (Lipinski definition) is 1. The lowest BCUT2D eigenvalue weighted by molar-refractivity contribution is -0.130. The van der Waals surface area contributed by atoms with Crippen LogP contribution in [0.3, 0.4) is 0 Å². The van der Waals surface area contributed by atoms with Crippen LogP contribution in [0.5, 0.6) is 0 Å². The summed E-state index contributed by atoms with van der Waals surface area (Å²) in [7, 11) is -3.82. The fourth-order valence-corrected chi connectivity index (χ4v) is 4.33. The molecule has 2 rings (SSSR count). The van der Waals surface area contributed by atoms with Gasteiger partial charge in [-0.25, -0.2) is 13.2 Å². The second-order valence-corrected chi connectivity index (χ2v) is 9.09. The highest BCUT2D eigenvalue weighted by atomic mass is 32.2. The summed E-state index contributed by atoms with van der Waals surface area (Å²) >= 11 is 0. The van der Waals surface area contributed by atoms with Crippen LogP contribution in [0, 0.1) is 0 Å². The number of esters is 1. The van der Waals surface area contributed by atoms with E-state index < -0.39 is 28.0 Å². The Balaban J connectivity index is 2.11. The number of sulfonamides is 1. The molecule has 0 spiro atoms. The van der Waals surface area contributed by atoms with Crippen LogP contribution in [0.2, 0.25) is 0 Å². The molecule has 1 saturated heterocycles. The molecule has 2 amide bonds. The van der Waals surface area contributed by atoms with Crippen LogP contribution in [0.25, 0.3) is 0 Å². The lowest BCUT2D eigenvalue weighted by Crippen LogP contribution is -2.49. The van der Waals surface area contributed by atoms with E-state index in [1.807, 2.05) is 0 Å². The predicted octanol–water partition coefficient (Wildman–Crippen LogP) is 0.609. The van der Waals surface area contributed by atoms with Crippen molar-refractivity contribution in [3.8, 4) is 0 Å². The van der Waals surface area contributed by atoms with Gasteiger partial charge < -0.3 is 15.0 Å². The van der Waals surface area contributed by atoms with Gasteiger partial charge in [-0.15, -0.1) is 0 Å². The van der Waals surface area contributed by atoms with Crippen molar-refractivity contribution in [3.05, 3.63) is 29.8 Å². The minimum Gasteiger partial charge on any atom is -0.449 e. The Hall–Kier alpha value is -2.46. The topological polar surface area (TPSA) is 113 Å². The van der Waals surface area contributed by atoms with Crippen molar-refractivity contribution >= 4 is 27.8 Å². The van der Waals surface area contributed by atoms with Crippen LogP contribution < -0.4 is 5.32 Å². The van der Waals surface area contributed by atoms with Crippen molar-refractivity contribution in [2.75, 3.05) is 26.2 Å². The number of nitrogens with one attached hydrogen (secondary N) is 1. The maximum Gasteiger partial charge on any atom is 0.338 e. The summed E-state index contributed by atoms with van der Waals surface area (Å²) in [6.45, 7) is 7.48. The number of piperazine rings is 1. The van der Waals surface area contributed by atoms with E-state index in [-0.39, 0.29) is 35.5 Å². The van der Waals surface area contributed by atoms with Gasteiger partial charge in [0.1, 0.15) is 0 Å². The molecule has 0 radical (unpaired) electrons. The first-order valence-corrected chi connectivity index (χ1v) is 10.8.